The van der Waals surface area contributed by atoms with Crippen molar-refractivity contribution in [2.24, 2.45) is 11.8 Å². The third-order valence-corrected chi connectivity index (χ3v) is 5.23. The molecular formula is C17H19F2NO3. The van der Waals surface area contributed by atoms with Gasteiger partial charge in [-0.25, -0.2) is 13.6 Å². The summed E-state index contributed by atoms with van der Waals surface area (Å²) in [5.41, 5.74) is -0.293. The number of benzene rings is 1. The van der Waals surface area contributed by atoms with Gasteiger partial charge in [0.1, 0.15) is 17.7 Å². The van der Waals surface area contributed by atoms with Crippen molar-refractivity contribution >= 4 is 11.9 Å². The first-order chi connectivity index (χ1) is 10.9. The number of nitrogens with zero attached hydrogens (tertiary/aromatic N) is 1. The van der Waals surface area contributed by atoms with Crippen LogP contribution >= 0.6 is 0 Å². The van der Waals surface area contributed by atoms with E-state index in [1.54, 1.807) is 0 Å². The highest BCUT2D eigenvalue weighted by Crippen LogP contribution is 2.43. The Balaban J connectivity index is 1.89. The zero-order valence-electron chi connectivity index (χ0n) is 12.8. The van der Waals surface area contributed by atoms with Crippen molar-refractivity contribution in [1.82, 2.24) is 4.90 Å². The van der Waals surface area contributed by atoms with Gasteiger partial charge >= 0.3 is 5.97 Å². The largest absolute Gasteiger partial charge is 0.480 e. The van der Waals surface area contributed by atoms with Crippen LogP contribution in [0.25, 0.3) is 0 Å². The van der Waals surface area contributed by atoms with Crippen molar-refractivity contribution in [1.29, 1.82) is 0 Å². The van der Waals surface area contributed by atoms with E-state index in [9.17, 15) is 23.5 Å². The molecule has 1 aromatic carbocycles. The Morgan fingerprint density at radius 1 is 1.26 bits per heavy atom. The summed E-state index contributed by atoms with van der Waals surface area (Å²) in [6, 6.07) is 2.57. The van der Waals surface area contributed by atoms with Crippen LogP contribution in [-0.4, -0.2) is 34.5 Å². The van der Waals surface area contributed by atoms with E-state index in [0.717, 1.165) is 31.4 Å². The van der Waals surface area contributed by atoms with Crippen molar-refractivity contribution in [3.8, 4) is 0 Å². The third-order valence-electron chi connectivity index (χ3n) is 5.23. The summed E-state index contributed by atoms with van der Waals surface area (Å²) in [5.74, 6) is -4.03. The number of hydrogen-bond acceptors (Lipinski definition) is 2. The minimum atomic E-state index is -1.04. The minimum absolute atomic E-state index is 0.0471. The Hall–Kier alpha value is -1.98. The molecule has 1 aliphatic heterocycles. The van der Waals surface area contributed by atoms with Gasteiger partial charge in [-0.3, -0.25) is 4.79 Å². The fourth-order valence-corrected chi connectivity index (χ4v) is 4.15. The van der Waals surface area contributed by atoms with E-state index in [0.29, 0.717) is 6.54 Å². The molecule has 0 spiro atoms. The maximum Gasteiger partial charge on any atom is 0.326 e. The van der Waals surface area contributed by atoms with Crippen LogP contribution in [0.3, 0.4) is 0 Å². The molecule has 6 heteroatoms. The summed E-state index contributed by atoms with van der Waals surface area (Å²) in [4.78, 5) is 25.6. The topological polar surface area (TPSA) is 57.6 Å². The average molecular weight is 323 g/mol. The van der Waals surface area contributed by atoms with Crippen LogP contribution in [0.5, 0.6) is 0 Å². The number of likely N-dealkylation sites (tertiary alicyclic amines) is 1. The first-order valence-electron chi connectivity index (χ1n) is 7.89. The summed E-state index contributed by atoms with van der Waals surface area (Å²) in [7, 11) is 0. The molecule has 1 saturated carbocycles. The first kappa shape index (κ1) is 15.9. The molecule has 23 heavy (non-hydrogen) atoms. The lowest BCUT2D eigenvalue weighted by molar-refractivity contribution is -0.150. The zero-order chi connectivity index (χ0) is 16.7. The lowest BCUT2D eigenvalue weighted by Crippen LogP contribution is -2.45. The number of carbonyl (C=O) groups is 2. The molecule has 4 nitrogen and oxygen atoms in total. The van der Waals surface area contributed by atoms with Crippen molar-refractivity contribution in [3.05, 3.63) is 35.4 Å². The Morgan fingerprint density at radius 2 is 1.91 bits per heavy atom. The summed E-state index contributed by atoms with van der Waals surface area (Å²) >= 11 is 0. The van der Waals surface area contributed by atoms with Gasteiger partial charge in [-0.15, -0.1) is 0 Å². The molecule has 0 radical (unpaired) electrons. The number of fused-ring (bicyclic) bond motifs is 1. The molecule has 0 aromatic heterocycles. The number of carboxylic acids is 1. The maximum absolute atomic E-state index is 13.9. The molecule has 2 aliphatic rings. The standard InChI is InChI=1S/C17H19F2NO3/c1-9(14-12(18)6-3-7-13(14)19)16(21)20-8-10-4-2-5-11(10)15(20)17(22)23/h3,6-7,9-11,15H,2,4-5,8H2,1H3,(H,22,23). The van der Waals surface area contributed by atoms with Crippen molar-refractivity contribution in [2.45, 2.75) is 38.1 Å². The maximum atomic E-state index is 13.9. The first-order valence-corrected chi connectivity index (χ1v) is 7.89. The highest BCUT2D eigenvalue weighted by Gasteiger charge is 2.50. The van der Waals surface area contributed by atoms with Crippen LogP contribution < -0.4 is 0 Å². The van der Waals surface area contributed by atoms with Gasteiger partial charge in [-0.1, -0.05) is 12.5 Å². The Bertz CT molecular complexity index is 628. The Kier molecular flexibility index (Phi) is 4.08. The molecule has 1 heterocycles. The van der Waals surface area contributed by atoms with Crippen molar-refractivity contribution in [3.63, 3.8) is 0 Å². The summed E-state index contributed by atoms with van der Waals surface area (Å²) in [5, 5.41) is 9.50. The van der Waals surface area contributed by atoms with E-state index in [4.69, 9.17) is 0 Å². The van der Waals surface area contributed by atoms with Gasteiger partial charge in [-0.05, 0) is 43.7 Å². The molecule has 4 unspecified atom stereocenters. The molecule has 4 atom stereocenters. The quantitative estimate of drug-likeness (QED) is 0.930. The minimum Gasteiger partial charge on any atom is -0.480 e. The summed E-state index contributed by atoms with van der Waals surface area (Å²) in [6.07, 6.45) is 2.66. The smallest absolute Gasteiger partial charge is 0.326 e. The number of carboxylic acid groups (broad SMARTS) is 1. The van der Waals surface area contributed by atoms with E-state index >= 15 is 0 Å². The fourth-order valence-electron chi connectivity index (χ4n) is 4.15. The third kappa shape index (κ3) is 2.60. The second kappa shape index (κ2) is 5.91. The van der Waals surface area contributed by atoms with E-state index in [1.807, 2.05) is 0 Å². The molecule has 2 fully saturated rings. The lowest BCUT2D eigenvalue weighted by Gasteiger charge is -2.27. The van der Waals surface area contributed by atoms with Crippen molar-refractivity contribution < 1.29 is 23.5 Å². The van der Waals surface area contributed by atoms with E-state index in [2.05, 4.69) is 0 Å². The van der Waals surface area contributed by atoms with E-state index in [1.165, 1.54) is 17.9 Å². The van der Waals surface area contributed by atoms with Gasteiger partial charge in [0, 0.05) is 12.1 Å². The van der Waals surface area contributed by atoms with Crippen LogP contribution in [0.15, 0.2) is 18.2 Å². The molecule has 124 valence electrons. The van der Waals surface area contributed by atoms with Crippen LogP contribution in [-0.2, 0) is 9.59 Å². The lowest BCUT2D eigenvalue weighted by atomic mass is 9.93. The highest BCUT2D eigenvalue weighted by molar-refractivity contribution is 5.89. The van der Waals surface area contributed by atoms with Crippen LogP contribution in [0.1, 0.15) is 37.7 Å². The van der Waals surface area contributed by atoms with E-state index in [-0.39, 0.29) is 17.4 Å². The number of aliphatic carboxylic acids is 1. The molecule has 3 rings (SSSR count). The SMILES string of the molecule is CC(C(=O)N1CC2CCCC2C1C(=O)O)c1c(F)cccc1F. The number of carbonyl (C=O) groups excluding carboxylic acids is 1. The predicted octanol–water partition coefficient (Wildman–Crippen LogP) is 2.78. The predicted molar refractivity (Wildman–Crippen MR) is 78.7 cm³/mol. The zero-order valence-corrected chi connectivity index (χ0v) is 12.8. The van der Waals surface area contributed by atoms with Crippen molar-refractivity contribution in [2.75, 3.05) is 6.54 Å². The number of hydrogen-bond donors (Lipinski definition) is 1. The molecule has 0 bridgehead atoms. The van der Waals surface area contributed by atoms with Gasteiger partial charge < -0.3 is 10.0 Å². The molecule has 1 aromatic rings. The Morgan fingerprint density at radius 3 is 2.52 bits per heavy atom. The van der Waals surface area contributed by atoms with Gasteiger partial charge in [0.25, 0.3) is 0 Å². The molecule has 1 amide bonds. The highest BCUT2D eigenvalue weighted by atomic mass is 19.1. The van der Waals surface area contributed by atoms with E-state index < -0.39 is 35.5 Å². The summed E-state index contributed by atoms with van der Waals surface area (Å²) in [6.45, 7) is 1.79. The van der Waals surface area contributed by atoms with Gasteiger partial charge in [0.15, 0.2) is 0 Å². The molecule has 1 aliphatic carbocycles. The number of halogens is 2. The summed E-state index contributed by atoms with van der Waals surface area (Å²) < 4.78 is 27.8. The molecular weight excluding hydrogens is 304 g/mol. The molecule has 1 saturated heterocycles. The molecule has 1 N–H and O–H groups in total. The number of amides is 1. The van der Waals surface area contributed by atoms with Gasteiger partial charge in [0.2, 0.25) is 5.91 Å². The fraction of sp³-hybridized carbons (Fsp3) is 0.529. The Labute approximate surface area is 133 Å². The average Bonchev–Trinajstić information content (AvgIpc) is 3.05. The second-order valence-electron chi connectivity index (χ2n) is 6.49. The normalized spacial score (nSPS) is 27.8. The number of rotatable bonds is 3. The van der Waals surface area contributed by atoms with Gasteiger partial charge in [-0.2, -0.15) is 0 Å². The monoisotopic (exact) mass is 323 g/mol. The van der Waals surface area contributed by atoms with Crippen LogP contribution in [0.4, 0.5) is 8.78 Å². The van der Waals surface area contributed by atoms with Crippen LogP contribution in [0.2, 0.25) is 0 Å². The second-order valence-corrected chi connectivity index (χ2v) is 6.49. The van der Waals surface area contributed by atoms with Gasteiger partial charge in [0.05, 0.1) is 5.92 Å². The van der Waals surface area contributed by atoms with Crippen LogP contribution in [0, 0.1) is 23.5 Å².